The predicted octanol–water partition coefficient (Wildman–Crippen LogP) is 2.18. The molecule has 0 amide bonds. The summed E-state index contributed by atoms with van der Waals surface area (Å²) in [4.78, 5) is 21.3. The van der Waals surface area contributed by atoms with Crippen molar-refractivity contribution < 1.29 is 0 Å². The van der Waals surface area contributed by atoms with Gasteiger partial charge in [-0.1, -0.05) is 6.92 Å². The summed E-state index contributed by atoms with van der Waals surface area (Å²) in [5, 5.41) is 9.42. The van der Waals surface area contributed by atoms with E-state index in [0.717, 1.165) is 29.5 Å². The van der Waals surface area contributed by atoms with Crippen LogP contribution in [-0.2, 0) is 19.3 Å². The summed E-state index contributed by atoms with van der Waals surface area (Å²) >= 11 is 1.62. The molecule has 2 aromatic heterocycles. The minimum Gasteiger partial charge on any atom is -0.309 e. The van der Waals surface area contributed by atoms with Gasteiger partial charge in [-0.25, -0.2) is 4.98 Å². The third-order valence-electron chi connectivity index (χ3n) is 3.46. The van der Waals surface area contributed by atoms with Crippen LogP contribution in [0, 0.1) is 17.2 Å². The van der Waals surface area contributed by atoms with Crippen molar-refractivity contribution in [2.45, 2.75) is 32.6 Å². The van der Waals surface area contributed by atoms with Crippen LogP contribution in [0.15, 0.2) is 4.79 Å². The van der Waals surface area contributed by atoms with Crippen LogP contribution < -0.4 is 5.56 Å². The van der Waals surface area contributed by atoms with Gasteiger partial charge in [0.15, 0.2) is 0 Å². The molecule has 0 radical (unpaired) electrons. The Kier molecular flexibility index (Phi) is 2.67. The van der Waals surface area contributed by atoms with E-state index >= 15 is 0 Å². The fourth-order valence-corrected chi connectivity index (χ4v) is 3.95. The van der Waals surface area contributed by atoms with Gasteiger partial charge in [-0.3, -0.25) is 4.79 Å². The van der Waals surface area contributed by atoms with Gasteiger partial charge in [-0.05, 0) is 30.7 Å². The van der Waals surface area contributed by atoms with E-state index in [-0.39, 0.29) is 12.0 Å². The monoisotopic (exact) mass is 259 g/mol. The highest BCUT2D eigenvalue weighted by atomic mass is 32.1. The Morgan fingerprint density at radius 3 is 3.22 bits per heavy atom. The molecule has 0 aromatic carbocycles. The fraction of sp³-hybridized carbons (Fsp3) is 0.462. The molecule has 1 atom stereocenters. The van der Waals surface area contributed by atoms with Crippen LogP contribution >= 0.6 is 11.3 Å². The number of aromatic amines is 1. The van der Waals surface area contributed by atoms with E-state index in [0.29, 0.717) is 11.7 Å². The molecule has 1 aliphatic rings. The average molecular weight is 259 g/mol. The lowest BCUT2D eigenvalue weighted by Gasteiger charge is -2.17. The zero-order chi connectivity index (χ0) is 12.7. The second kappa shape index (κ2) is 4.21. The average Bonchev–Trinajstić information content (AvgIpc) is 2.66. The van der Waals surface area contributed by atoms with Crippen LogP contribution in [0.4, 0.5) is 0 Å². The highest BCUT2D eigenvalue weighted by Gasteiger charge is 2.22. The van der Waals surface area contributed by atoms with Crippen molar-refractivity contribution in [3.8, 4) is 6.07 Å². The van der Waals surface area contributed by atoms with Crippen molar-refractivity contribution in [1.82, 2.24) is 9.97 Å². The smallest absolute Gasteiger partial charge is 0.259 e. The number of aryl methyl sites for hydroxylation is 1. The van der Waals surface area contributed by atoms with Crippen LogP contribution in [0.1, 0.15) is 29.6 Å². The van der Waals surface area contributed by atoms with Gasteiger partial charge in [-0.2, -0.15) is 5.26 Å². The number of thiophene rings is 1. The maximum absolute atomic E-state index is 12.1. The van der Waals surface area contributed by atoms with Crippen molar-refractivity contribution in [2.75, 3.05) is 0 Å². The SMILES string of the molecule is CC1CCc2c(sc3nc(CC#N)[nH]c(=O)c23)C1. The molecule has 1 unspecified atom stereocenters. The number of hydrogen-bond acceptors (Lipinski definition) is 4. The maximum atomic E-state index is 12.1. The standard InChI is InChI=1S/C13H13N3OS/c1-7-2-3-8-9(6-7)18-13-11(8)12(17)15-10(16-13)4-5-14/h7H,2-4,6H2,1H3,(H,15,16,17). The lowest BCUT2D eigenvalue weighted by molar-refractivity contribution is 0.509. The van der Waals surface area contributed by atoms with Gasteiger partial charge in [0.25, 0.3) is 5.56 Å². The van der Waals surface area contributed by atoms with Gasteiger partial charge in [0, 0.05) is 4.88 Å². The van der Waals surface area contributed by atoms with Crippen LogP contribution in [0.25, 0.3) is 10.2 Å². The minimum atomic E-state index is -0.0858. The van der Waals surface area contributed by atoms with Crippen molar-refractivity contribution in [2.24, 2.45) is 5.92 Å². The number of nitrogens with one attached hydrogen (secondary N) is 1. The Balaban J connectivity index is 2.23. The molecule has 0 saturated carbocycles. The topological polar surface area (TPSA) is 69.5 Å². The zero-order valence-corrected chi connectivity index (χ0v) is 10.9. The number of rotatable bonds is 1. The molecule has 2 aromatic rings. The Morgan fingerprint density at radius 2 is 2.44 bits per heavy atom. The molecular weight excluding hydrogens is 246 g/mol. The quantitative estimate of drug-likeness (QED) is 0.853. The van der Waals surface area contributed by atoms with Crippen LogP contribution in [0.2, 0.25) is 0 Å². The summed E-state index contributed by atoms with van der Waals surface area (Å²) in [6.45, 7) is 2.24. The second-order valence-corrected chi connectivity index (χ2v) is 5.96. The van der Waals surface area contributed by atoms with Crippen LogP contribution in [-0.4, -0.2) is 9.97 Å². The summed E-state index contributed by atoms with van der Waals surface area (Å²) in [5.41, 5.74) is 1.10. The van der Waals surface area contributed by atoms with Crippen molar-refractivity contribution in [1.29, 1.82) is 5.26 Å². The first-order valence-corrected chi connectivity index (χ1v) is 6.91. The zero-order valence-electron chi connectivity index (χ0n) is 10.1. The molecule has 0 saturated heterocycles. The summed E-state index contributed by atoms with van der Waals surface area (Å²) in [6, 6.07) is 2.02. The number of hydrogen-bond donors (Lipinski definition) is 1. The fourth-order valence-electron chi connectivity index (χ4n) is 2.55. The van der Waals surface area contributed by atoms with Crippen molar-refractivity contribution in [3.05, 3.63) is 26.6 Å². The van der Waals surface area contributed by atoms with Crippen molar-refractivity contribution >= 4 is 21.6 Å². The summed E-state index contributed by atoms with van der Waals surface area (Å²) in [6.07, 6.45) is 3.31. The van der Waals surface area contributed by atoms with E-state index in [1.165, 1.54) is 10.4 Å². The third kappa shape index (κ3) is 1.73. The van der Waals surface area contributed by atoms with E-state index in [9.17, 15) is 4.79 Å². The molecule has 0 fully saturated rings. The van der Waals surface area contributed by atoms with E-state index < -0.39 is 0 Å². The van der Waals surface area contributed by atoms with Gasteiger partial charge in [0.05, 0.1) is 17.9 Å². The molecule has 2 heterocycles. The number of H-pyrrole nitrogens is 1. The lowest BCUT2D eigenvalue weighted by atomic mass is 9.89. The molecule has 3 rings (SSSR count). The predicted molar refractivity (Wildman–Crippen MR) is 70.7 cm³/mol. The number of nitriles is 1. The Hall–Kier alpha value is -1.67. The van der Waals surface area contributed by atoms with E-state index in [4.69, 9.17) is 5.26 Å². The highest BCUT2D eigenvalue weighted by Crippen LogP contribution is 2.35. The molecule has 0 aliphatic heterocycles. The largest absolute Gasteiger partial charge is 0.309 e. The Bertz CT molecular complexity index is 707. The summed E-state index contributed by atoms with van der Waals surface area (Å²) < 4.78 is 0. The van der Waals surface area contributed by atoms with Crippen molar-refractivity contribution in [3.63, 3.8) is 0 Å². The number of fused-ring (bicyclic) bond motifs is 3. The number of nitrogens with zero attached hydrogens (tertiary/aromatic N) is 2. The molecule has 0 bridgehead atoms. The molecule has 5 heteroatoms. The Labute approximate surface area is 108 Å². The molecule has 0 spiro atoms. The third-order valence-corrected chi connectivity index (χ3v) is 4.61. The first kappa shape index (κ1) is 11.4. The second-order valence-electron chi connectivity index (χ2n) is 4.88. The molecule has 18 heavy (non-hydrogen) atoms. The molecular formula is C13H13N3OS. The van der Waals surface area contributed by atoms with Crippen LogP contribution in [0.3, 0.4) is 0 Å². The van der Waals surface area contributed by atoms with E-state index in [1.54, 1.807) is 11.3 Å². The van der Waals surface area contributed by atoms with Gasteiger partial charge in [0.2, 0.25) is 0 Å². The minimum absolute atomic E-state index is 0.0858. The van der Waals surface area contributed by atoms with E-state index in [2.05, 4.69) is 16.9 Å². The lowest BCUT2D eigenvalue weighted by Crippen LogP contribution is -2.14. The van der Waals surface area contributed by atoms with Gasteiger partial charge < -0.3 is 4.98 Å². The van der Waals surface area contributed by atoms with Gasteiger partial charge in [-0.15, -0.1) is 11.3 Å². The highest BCUT2D eigenvalue weighted by molar-refractivity contribution is 7.18. The van der Waals surface area contributed by atoms with Gasteiger partial charge in [0.1, 0.15) is 10.7 Å². The first-order chi connectivity index (χ1) is 8.69. The molecule has 1 N–H and O–H groups in total. The Morgan fingerprint density at radius 1 is 1.61 bits per heavy atom. The maximum Gasteiger partial charge on any atom is 0.259 e. The first-order valence-electron chi connectivity index (χ1n) is 6.09. The molecule has 1 aliphatic carbocycles. The van der Waals surface area contributed by atoms with Gasteiger partial charge >= 0.3 is 0 Å². The molecule has 92 valence electrons. The summed E-state index contributed by atoms with van der Waals surface area (Å²) in [5.74, 6) is 1.16. The number of aromatic nitrogens is 2. The van der Waals surface area contributed by atoms with Crippen LogP contribution in [0.5, 0.6) is 0 Å². The van der Waals surface area contributed by atoms with E-state index in [1.807, 2.05) is 6.07 Å². The normalized spacial score (nSPS) is 18.6. The molecule has 4 nitrogen and oxygen atoms in total. The summed E-state index contributed by atoms with van der Waals surface area (Å²) in [7, 11) is 0.